The first kappa shape index (κ1) is 38.8. The summed E-state index contributed by atoms with van der Waals surface area (Å²) < 4.78 is 19.4. The van der Waals surface area contributed by atoms with E-state index in [1.807, 2.05) is 75.4 Å². The van der Waals surface area contributed by atoms with E-state index in [0.717, 1.165) is 41.0 Å². The molecular weight excluding hydrogens is 607 g/mol. The van der Waals surface area contributed by atoms with Crippen molar-refractivity contribution >= 4 is 40.8 Å². The van der Waals surface area contributed by atoms with Crippen molar-refractivity contribution in [1.29, 1.82) is 0 Å². The highest BCUT2D eigenvalue weighted by Gasteiger charge is 2.35. The Labute approximate surface area is 274 Å². The third-order valence-electron chi connectivity index (χ3n) is 6.87. The van der Waals surface area contributed by atoms with Crippen LogP contribution in [0.25, 0.3) is 0 Å². The van der Waals surface area contributed by atoms with Gasteiger partial charge in [-0.25, -0.2) is 4.79 Å². The van der Waals surface area contributed by atoms with Crippen LogP contribution in [0.5, 0.6) is 11.5 Å². The summed E-state index contributed by atoms with van der Waals surface area (Å²) >= 11 is 18.6. The molecule has 0 aliphatic rings. The summed E-state index contributed by atoms with van der Waals surface area (Å²) in [6.45, 7) is 12.1. The lowest BCUT2D eigenvalue weighted by Gasteiger charge is -2.25. The summed E-state index contributed by atoms with van der Waals surface area (Å²) in [4.78, 5) is 11.5. The minimum atomic E-state index is -1.46. The van der Waals surface area contributed by atoms with E-state index < -0.39 is 3.79 Å². The molecule has 0 spiro atoms. The monoisotopic (exact) mass is 654 g/mol. The van der Waals surface area contributed by atoms with Crippen molar-refractivity contribution in [2.75, 3.05) is 21.3 Å². The van der Waals surface area contributed by atoms with Gasteiger partial charge < -0.3 is 18.9 Å². The molecule has 0 amide bonds. The first-order chi connectivity index (χ1) is 20.1. The fourth-order valence-corrected chi connectivity index (χ4v) is 5.00. The second-order valence-corrected chi connectivity index (χ2v) is 13.9. The molecule has 0 fully saturated rings. The van der Waals surface area contributed by atoms with Crippen LogP contribution in [0.1, 0.15) is 84.3 Å². The number of esters is 1. The smallest absolute Gasteiger partial charge is 0.331 e. The topological polar surface area (TPSA) is 54.0 Å². The number of alkyl halides is 3. The van der Waals surface area contributed by atoms with Crippen molar-refractivity contribution in [3.05, 3.63) is 83.5 Å². The van der Waals surface area contributed by atoms with Gasteiger partial charge in [0.1, 0.15) is 11.5 Å². The Hall–Kier alpha value is -2.18. The Morgan fingerprint density at radius 2 is 1.35 bits per heavy atom. The van der Waals surface area contributed by atoms with E-state index in [4.69, 9.17) is 53.8 Å². The van der Waals surface area contributed by atoms with Crippen molar-refractivity contribution in [2.24, 2.45) is 5.92 Å². The molecule has 0 bridgehead atoms. The van der Waals surface area contributed by atoms with Crippen LogP contribution in [-0.4, -0.2) is 42.8 Å². The standard InChI is InChI=1S/C19H34O3.C16H15Cl3O2/c1-15(2)22-18(20)14-17(4)11-8-10-16(3)12-9-13-19(5,6)21-7;1-20-13-7-3-11(4-8-13)15(16(17,18)19)12-5-9-14(21-2)10-6-12/h8,11,14-16H,9-10,12-13H2,1-7H3;3-10,15H,1-2H3/b11-8+,17-14+;. The molecule has 1 atom stereocenters. The average Bonchev–Trinajstić information content (AvgIpc) is 2.93. The summed E-state index contributed by atoms with van der Waals surface area (Å²) in [6.07, 6.45) is 10.1. The first-order valence-corrected chi connectivity index (χ1v) is 15.7. The fourth-order valence-electron chi connectivity index (χ4n) is 4.25. The highest BCUT2D eigenvalue weighted by molar-refractivity contribution is 6.68. The van der Waals surface area contributed by atoms with Gasteiger partial charge in [0.05, 0.1) is 31.8 Å². The van der Waals surface area contributed by atoms with E-state index in [9.17, 15) is 4.79 Å². The highest BCUT2D eigenvalue weighted by atomic mass is 35.6. The molecule has 5 nitrogen and oxygen atoms in total. The van der Waals surface area contributed by atoms with Crippen LogP contribution in [0.3, 0.4) is 0 Å². The maximum atomic E-state index is 11.5. The van der Waals surface area contributed by atoms with Gasteiger partial charge in [-0.1, -0.05) is 91.0 Å². The Bertz CT molecular complexity index is 1090. The number of carbonyl (C=O) groups excluding carboxylic acids is 1. The summed E-state index contributed by atoms with van der Waals surface area (Å²) in [6, 6.07) is 15.0. The number of methoxy groups -OCH3 is 3. The van der Waals surface area contributed by atoms with Gasteiger partial charge in [-0.05, 0) is 94.3 Å². The van der Waals surface area contributed by atoms with Crippen LogP contribution in [-0.2, 0) is 14.3 Å². The number of hydrogen-bond donors (Lipinski definition) is 0. The quantitative estimate of drug-likeness (QED) is 0.0877. The molecular formula is C35H49Cl3O5. The number of hydrogen-bond acceptors (Lipinski definition) is 5. The predicted octanol–water partition coefficient (Wildman–Crippen LogP) is 10.3. The molecule has 0 saturated heterocycles. The van der Waals surface area contributed by atoms with Crippen molar-refractivity contribution in [3.8, 4) is 11.5 Å². The van der Waals surface area contributed by atoms with E-state index in [-0.39, 0.29) is 23.6 Å². The van der Waals surface area contributed by atoms with E-state index in [1.165, 1.54) is 12.8 Å². The molecule has 1 unspecified atom stereocenters. The molecule has 0 radical (unpaired) electrons. The maximum Gasteiger partial charge on any atom is 0.331 e. The zero-order valence-electron chi connectivity index (χ0n) is 27.1. The normalized spacial score (nSPS) is 13.1. The Morgan fingerprint density at radius 1 is 0.860 bits per heavy atom. The summed E-state index contributed by atoms with van der Waals surface area (Å²) in [5.41, 5.74) is 2.71. The third kappa shape index (κ3) is 15.9. The molecule has 0 aromatic heterocycles. The molecule has 8 heteroatoms. The van der Waals surface area contributed by atoms with Crippen LogP contribution in [0.2, 0.25) is 0 Å². The van der Waals surface area contributed by atoms with Gasteiger partial charge in [0.2, 0.25) is 3.79 Å². The van der Waals surface area contributed by atoms with E-state index in [1.54, 1.807) is 27.4 Å². The number of carbonyl (C=O) groups is 1. The van der Waals surface area contributed by atoms with Crippen molar-refractivity contribution in [1.82, 2.24) is 0 Å². The van der Waals surface area contributed by atoms with Gasteiger partial charge in [-0.15, -0.1) is 0 Å². The van der Waals surface area contributed by atoms with Crippen molar-refractivity contribution < 1.29 is 23.7 Å². The minimum absolute atomic E-state index is 0.0222. The predicted molar refractivity (Wildman–Crippen MR) is 181 cm³/mol. The number of rotatable bonds is 14. The molecule has 2 aromatic rings. The number of halogens is 3. The number of ether oxygens (including phenoxy) is 4. The second kappa shape index (κ2) is 19.3. The molecule has 2 aromatic carbocycles. The van der Waals surface area contributed by atoms with Crippen molar-refractivity contribution in [2.45, 2.75) is 88.6 Å². The SMILES string of the molecule is COC(C)(C)CCCC(C)C/C=C/C(C)=C/C(=O)OC(C)C.COc1ccc(C(c2ccc(OC)cc2)C(Cl)(Cl)Cl)cc1. The van der Waals surface area contributed by atoms with Gasteiger partial charge in [0, 0.05) is 13.2 Å². The first-order valence-electron chi connectivity index (χ1n) is 14.6. The molecule has 43 heavy (non-hydrogen) atoms. The third-order valence-corrected chi connectivity index (χ3v) is 7.53. The summed E-state index contributed by atoms with van der Waals surface area (Å²) in [5, 5.41) is 0. The molecule has 240 valence electrons. The molecule has 2 rings (SSSR count). The Morgan fingerprint density at radius 3 is 1.74 bits per heavy atom. The van der Waals surface area contributed by atoms with Crippen LogP contribution < -0.4 is 9.47 Å². The lowest BCUT2D eigenvalue weighted by Crippen LogP contribution is -2.22. The molecule has 0 aliphatic heterocycles. The minimum Gasteiger partial charge on any atom is -0.497 e. The van der Waals surface area contributed by atoms with Gasteiger partial charge in [0.15, 0.2) is 0 Å². The number of allylic oxidation sites excluding steroid dienone is 3. The lowest BCUT2D eigenvalue weighted by atomic mass is 9.92. The molecule has 0 aliphatic carbocycles. The molecule has 0 N–H and O–H groups in total. The second-order valence-electron chi connectivity index (χ2n) is 11.5. The fraction of sp³-hybridized carbons (Fsp3) is 0.514. The largest absolute Gasteiger partial charge is 0.497 e. The van der Waals surface area contributed by atoms with Gasteiger partial charge in [-0.2, -0.15) is 0 Å². The molecule has 0 heterocycles. The summed E-state index contributed by atoms with van der Waals surface area (Å²) in [5.74, 6) is 1.51. The van der Waals surface area contributed by atoms with Crippen LogP contribution in [0.4, 0.5) is 0 Å². The van der Waals surface area contributed by atoms with Crippen LogP contribution >= 0.6 is 34.8 Å². The van der Waals surface area contributed by atoms with Gasteiger partial charge in [0.25, 0.3) is 0 Å². The molecule has 0 saturated carbocycles. The van der Waals surface area contributed by atoms with Gasteiger partial charge in [-0.3, -0.25) is 0 Å². The highest BCUT2D eigenvalue weighted by Crippen LogP contribution is 2.46. The van der Waals surface area contributed by atoms with Crippen LogP contribution in [0.15, 0.2) is 72.3 Å². The van der Waals surface area contributed by atoms with E-state index >= 15 is 0 Å². The summed E-state index contributed by atoms with van der Waals surface area (Å²) in [7, 11) is 5.00. The maximum absolute atomic E-state index is 11.5. The zero-order valence-corrected chi connectivity index (χ0v) is 29.4. The Kier molecular flexibility index (Phi) is 17.4. The lowest BCUT2D eigenvalue weighted by molar-refractivity contribution is -0.141. The van der Waals surface area contributed by atoms with E-state index in [0.29, 0.717) is 5.92 Å². The average molecular weight is 656 g/mol. The number of benzene rings is 2. The van der Waals surface area contributed by atoms with E-state index in [2.05, 4.69) is 26.8 Å². The van der Waals surface area contributed by atoms with Gasteiger partial charge >= 0.3 is 5.97 Å². The Balaban J connectivity index is 0.000000430. The van der Waals surface area contributed by atoms with Crippen molar-refractivity contribution in [3.63, 3.8) is 0 Å². The zero-order chi connectivity index (χ0) is 32.6. The van der Waals surface area contributed by atoms with Crippen LogP contribution in [0, 0.1) is 5.92 Å².